The van der Waals surface area contributed by atoms with Crippen LogP contribution in [0.5, 0.6) is 0 Å². The van der Waals surface area contributed by atoms with Gasteiger partial charge in [0, 0.05) is 30.5 Å². The van der Waals surface area contributed by atoms with Gasteiger partial charge in [0.25, 0.3) is 0 Å². The fourth-order valence-corrected chi connectivity index (χ4v) is 2.73. The Kier molecular flexibility index (Phi) is 3.11. The number of hydrogen-bond acceptors (Lipinski definition) is 4. The summed E-state index contributed by atoms with van der Waals surface area (Å²) in [5, 5.41) is 3.34. The summed E-state index contributed by atoms with van der Waals surface area (Å²) >= 11 is 3.36. The molecule has 0 bridgehead atoms. The van der Waals surface area contributed by atoms with Gasteiger partial charge in [0.2, 0.25) is 5.78 Å². The van der Waals surface area contributed by atoms with Crippen molar-refractivity contribution in [3.63, 3.8) is 0 Å². The molecule has 0 atom stereocenters. The fraction of sp³-hybridized carbons (Fsp3) is 0.267. The molecule has 106 valence electrons. The van der Waals surface area contributed by atoms with Gasteiger partial charge >= 0.3 is 0 Å². The van der Waals surface area contributed by atoms with Crippen LogP contribution in [0.2, 0.25) is 0 Å². The molecule has 0 radical (unpaired) electrons. The summed E-state index contributed by atoms with van der Waals surface area (Å²) in [7, 11) is 0. The first-order chi connectivity index (χ1) is 10.3. The number of fused-ring (bicyclic) bond motifs is 1. The highest BCUT2D eigenvalue weighted by Crippen LogP contribution is 2.39. The molecule has 1 saturated carbocycles. The van der Waals surface area contributed by atoms with Gasteiger partial charge < -0.3 is 5.32 Å². The average molecular weight is 344 g/mol. The summed E-state index contributed by atoms with van der Waals surface area (Å²) in [6.45, 7) is 0.665. The predicted octanol–water partition coefficient (Wildman–Crippen LogP) is 3.38. The van der Waals surface area contributed by atoms with Gasteiger partial charge in [-0.05, 0) is 52.4 Å². The van der Waals surface area contributed by atoms with Crippen molar-refractivity contribution in [2.45, 2.75) is 25.3 Å². The number of halogens is 1. The Balaban J connectivity index is 1.53. The van der Waals surface area contributed by atoms with Crippen LogP contribution < -0.4 is 5.32 Å². The summed E-state index contributed by atoms with van der Waals surface area (Å²) in [5.41, 5.74) is 3.31. The van der Waals surface area contributed by atoms with Crippen LogP contribution in [-0.2, 0) is 6.54 Å². The molecule has 0 saturated heterocycles. The van der Waals surface area contributed by atoms with E-state index in [-0.39, 0.29) is 0 Å². The standard InChI is InChI=1S/C15H14BrN5/c16-14-5-12(3-4-17-14)18-7-13-9-21-8-11(10-1-2-10)6-19-15(21)20-13/h3-6,8-10H,1-2,7H2,(H,17,18). The first-order valence-electron chi connectivity index (χ1n) is 6.97. The van der Waals surface area contributed by atoms with Crippen molar-refractivity contribution in [1.29, 1.82) is 0 Å². The number of anilines is 1. The van der Waals surface area contributed by atoms with Gasteiger partial charge in [-0.3, -0.25) is 4.40 Å². The molecular weight excluding hydrogens is 330 g/mol. The molecule has 5 nitrogen and oxygen atoms in total. The second kappa shape index (κ2) is 5.11. The molecule has 21 heavy (non-hydrogen) atoms. The monoisotopic (exact) mass is 343 g/mol. The average Bonchev–Trinajstić information content (AvgIpc) is 3.25. The van der Waals surface area contributed by atoms with Crippen LogP contribution in [0.3, 0.4) is 0 Å². The van der Waals surface area contributed by atoms with E-state index in [2.05, 4.69) is 42.4 Å². The third-order valence-electron chi connectivity index (χ3n) is 3.63. The van der Waals surface area contributed by atoms with Crippen molar-refractivity contribution in [2.24, 2.45) is 0 Å². The molecule has 0 unspecified atom stereocenters. The normalized spacial score (nSPS) is 14.5. The molecule has 1 aliphatic carbocycles. The minimum Gasteiger partial charge on any atom is -0.379 e. The van der Waals surface area contributed by atoms with E-state index in [4.69, 9.17) is 0 Å². The minimum atomic E-state index is 0.665. The van der Waals surface area contributed by atoms with Gasteiger partial charge in [0.15, 0.2) is 0 Å². The Morgan fingerprint density at radius 2 is 2.19 bits per heavy atom. The molecule has 4 rings (SSSR count). The number of rotatable bonds is 4. The first kappa shape index (κ1) is 12.8. The van der Waals surface area contributed by atoms with Crippen molar-refractivity contribution in [1.82, 2.24) is 19.4 Å². The number of aromatic nitrogens is 4. The van der Waals surface area contributed by atoms with Gasteiger partial charge in [-0.25, -0.2) is 15.0 Å². The van der Waals surface area contributed by atoms with E-state index < -0.39 is 0 Å². The zero-order valence-corrected chi connectivity index (χ0v) is 12.9. The lowest BCUT2D eigenvalue weighted by atomic mass is 10.2. The minimum absolute atomic E-state index is 0.665. The highest BCUT2D eigenvalue weighted by Gasteiger charge is 2.24. The number of imidazole rings is 1. The van der Waals surface area contributed by atoms with Crippen LogP contribution in [0.25, 0.3) is 5.78 Å². The third kappa shape index (κ3) is 2.76. The molecule has 3 aromatic heterocycles. The zero-order valence-electron chi connectivity index (χ0n) is 11.3. The molecule has 0 amide bonds. The highest BCUT2D eigenvalue weighted by atomic mass is 79.9. The van der Waals surface area contributed by atoms with Gasteiger partial charge in [-0.2, -0.15) is 0 Å². The Bertz CT molecular complexity index is 794. The van der Waals surface area contributed by atoms with E-state index in [0.29, 0.717) is 12.5 Å². The van der Waals surface area contributed by atoms with E-state index in [1.807, 2.05) is 28.9 Å². The number of nitrogens with zero attached hydrogens (tertiary/aromatic N) is 4. The summed E-state index contributed by atoms with van der Waals surface area (Å²) in [4.78, 5) is 13.1. The third-order valence-corrected chi connectivity index (χ3v) is 4.06. The summed E-state index contributed by atoms with van der Waals surface area (Å²) in [5.74, 6) is 1.46. The van der Waals surface area contributed by atoms with E-state index in [1.165, 1.54) is 18.4 Å². The maximum Gasteiger partial charge on any atom is 0.233 e. The topological polar surface area (TPSA) is 55.1 Å². The van der Waals surface area contributed by atoms with Crippen LogP contribution in [0.1, 0.15) is 30.0 Å². The van der Waals surface area contributed by atoms with Gasteiger partial charge in [-0.1, -0.05) is 0 Å². The smallest absolute Gasteiger partial charge is 0.233 e. The maximum atomic E-state index is 4.53. The van der Waals surface area contributed by atoms with Crippen molar-refractivity contribution >= 4 is 27.4 Å². The molecule has 1 fully saturated rings. The molecule has 0 aliphatic heterocycles. The first-order valence-corrected chi connectivity index (χ1v) is 7.76. The largest absolute Gasteiger partial charge is 0.379 e. The molecule has 3 aromatic rings. The van der Waals surface area contributed by atoms with Crippen molar-refractivity contribution in [3.8, 4) is 0 Å². The molecule has 6 heteroatoms. The fourth-order valence-electron chi connectivity index (χ4n) is 2.37. The molecule has 1 aliphatic rings. The second-order valence-electron chi connectivity index (χ2n) is 5.32. The van der Waals surface area contributed by atoms with Crippen LogP contribution >= 0.6 is 15.9 Å². The van der Waals surface area contributed by atoms with E-state index in [0.717, 1.165) is 21.8 Å². The van der Waals surface area contributed by atoms with Crippen LogP contribution in [0, 0.1) is 0 Å². The van der Waals surface area contributed by atoms with Crippen molar-refractivity contribution in [3.05, 3.63) is 52.8 Å². The Hall–Kier alpha value is -1.95. The van der Waals surface area contributed by atoms with Crippen LogP contribution in [0.4, 0.5) is 5.69 Å². The van der Waals surface area contributed by atoms with E-state index >= 15 is 0 Å². The maximum absolute atomic E-state index is 4.53. The second-order valence-corrected chi connectivity index (χ2v) is 6.13. The molecular formula is C15H14BrN5. The molecule has 3 heterocycles. The summed E-state index contributed by atoms with van der Waals surface area (Å²) in [6, 6.07) is 3.88. The van der Waals surface area contributed by atoms with E-state index in [9.17, 15) is 0 Å². The lowest BCUT2D eigenvalue weighted by Crippen LogP contribution is -1.99. The Morgan fingerprint density at radius 3 is 3.00 bits per heavy atom. The van der Waals surface area contributed by atoms with Gasteiger partial charge in [0.05, 0.1) is 12.2 Å². The molecule has 0 aromatic carbocycles. The van der Waals surface area contributed by atoms with Crippen molar-refractivity contribution in [2.75, 3.05) is 5.32 Å². The van der Waals surface area contributed by atoms with Gasteiger partial charge in [-0.15, -0.1) is 0 Å². The molecule has 1 N–H and O–H groups in total. The highest BCUT2D eigenvalue weighted by molar-refractivity contribution is 9.10. The lowest BCUT2D eigenvalue weighted by molar-refractivity contribution is 1.01. The van der Waals surface area contributed by atoms with E-state index in [1.54, 1.807) is 6.20 Å². The number of pyridine rings is 1. The predicted molar refractivity (Wildman–Crippen MR) is 84.2 cm³/mol. The summed E-state index contributed by atoms with van der Waals surface area (Å²) < 4.78 is 2.84. The van der Waals surface area contributed by atoms with Crippen molar-refractivity contribution < 1.29 is 0 Å². The Labute approximate surface area is 130 Å². The lowest BCUT2D eigenvalue weighted by Gasteiger charge is -2.03. The quantitative estimate of drug-likeness (QED) is 0.738. The zero-order chi connectivity index (χ0) is 14.2. The SMILES string of the molecule is Brc1cc(NCc2cn3cc(C4CC4)cnc3n2)ccn1. The summed E-state index contributed by atoms with van der Waals surface area (Å²) in [6.07, 6.45) is 10.5. The number of hydrogen-bond donors (Lipinski definition) is 1. The molecule has 0 spiro atoms. The Morgan fingerprint density at radius 1 is 1.29 bits per heavy atom. The van der Waals surface area contributed by atoms with Gasteiger partial charge in [0.1, 0.15) is 4.60 Å². The number of nitrogens with one attached hydrogen (secondary N) is 1. The van der Waals surface area contributed by atoms with Crippen LogP contribution in [0.15, 0.2) is 41.5 Å². The van der Waals surface area contributed by atoms with Crippen LogP contribution in [-0.4, -0.2) is 19.4 Å².